The van der Waals surface area contributed by atoms with E-state index in [1.807, 2.05) is 18.2 Å². The Morgan fingerprint density at radius 2 is 1.61 bits per heavy atom. The lowest BCUT2D eigenvalue weighted by molar-refractivity contribution is 0.0734. The van der Waals surface area contributed by atoms with Gasteiger partial charge < -0.3 is 19.1 Å². The second-order valence-electron chi connectivity index (χ2n) is 8.24. The molecule has 0 spiro atoms. The molecule has 0 N–H and O–H groups in total. The fourth-order valence-electron chi connectivity index (χ4n) is 4.67. The van der Waals surface area contributed by atoms with Gasteiger partial charge in [-0.2, -0.15) is 4.31 Å². The van der Waals surface area contributed by atoms with Crippen LogP contribution in [-0.4, -0.2) is 64.5 Å². The number of carbonyl (C=O) groups is 1. The number of ether oxygens (including phenoxy) is 3. The third kappa shape index (κ3) is 4.39. The number of amides is 1. The molecule has 2 aliphatic rings. The topological polar surface area (TPSA) is 85.4 Å². The lowest BCUT2D eigenvalue weighted by Gasteiger charge is -2.27. The number of rotatable bonds is 7. The molecule has 2 aliphatic heterocycles. The van der Waals surface area contributed by atoms with Gasteiger partial charge in [-0.3, -0.25) is 4.79 Å². The van der Waals surface area contributed by atoms with Crippen LogP contribution in [0.3, 0.4) is 0 Å². The van der Waals surface area contributed by atoms with E-state index >= 15 is 0 Å². The standard InChI is InChI=1S/C24H30N2O6S/c1-30-18-9-10-19(22(16-18)32-3)20-7-6-14-26(20)24(27)17-8-11-21(31-2)23(15-17)33(28,29)25-12-4-5-13-25/h8-11,15-16,20H,4-7,12-14H2,1-3H3. The highest BCUT2D eigenvalue weighted by Gasteiger charge is 2.35. The van der Waals surface area contributed by atoms with E-state index in [0.717, 1.165) is 31.2 Å². The molecule has 9 heteroatoms. The second-order valence-corrected chi connectivity index (χ2v) is 10.1. The zero-order valence-corrected chi connectivity index (χ0v) is 20.1. The first-order chi connectivity index (χ1) is 15.9. The van der Waals surface area contributed by atoms with Crippen molar-refractivity contribution in [2.45, 2.75) is 36.6 Å². The number of hydrogen-bond acceptors (Lipinski definition) is 6. The third-order valence-corrected chi connectivity index (χ3v) is 8.33. The van der Waals surface area contributed by atoms with Crippen LogP contribution >= 0.6 is 0 Å². The minimum absolute atomic E-state index is 0.0375. The summed E-state index contributed by atoms with van der Waals surface area (Å²) in [4.78, 5) is 15.4. The van der Waals surface area contributed by atoms with Gasteiger partial charge in [-0.15, -0.1) is 0 Å². The Balaban J connectivity index is 1.68. The monoisotopic (exact) mass is 474 g/mol. The first-order valence-corrected chi connectivity index (χ1v) is 12.6. The van der Waals surface area contributed by atoms with Crippen LogP contribution in [0, 0.1) is 0 Å². The van der Waals surface area contributed by atoms with E-state index in [2.05, 4.69) is 0 Å². The zero-order chi connectivity index (χ0) is 23.6. The minimum Gasteiger partial charge on any atom is -0.497 e. The largest absolute Gasteiger partial charge is 0.497 e. The maximum Gasteiger partial charge on any atom is 0.254 e. The van der Waals surface area contributed by atoms with E-state index in [9.17, 15) is 13.2 Å². The van der Waals surface area contributed by atoms with Gasteiger partial charge in [0.25, 0.3) is 5.91 Å². The summed E-state index contributed by atoms with van der Waals surface area (Å²) in [5, 5.41) is 0. The fourth-order valence-corrected chi connectivity index (χ4v) is 6.37. The average molecular weight is 475 g/mol. The van der Waals surface area contributed by atoms with Crippen LogP contribution in [0.15, 0.2) is 41.3 Å². The highest BCUT2D eigenvalue weighted by molar-refractivity contribution is 7.89. The Morgan fingerprint density at radius 1 is 0.879 bits per heavy atom. The van der Waals surface area contributed by atoms with E-state index < -0.39 is 10.0 Å². The van der Waals surface area contributed by atoms with Crippen molar-refractivity contribution in [3.63, 3.8) is 0 Å². The SMILES string of the molecule is COc1ccc(C2CCCN2C(=O)c2ccc(OC)c(S(=O)(=O)N3CCCC3)c2)c(OC)c1. The number of nitrogens with zero attached hydrogens (tertiary/aromatic N) is 2. The number of hydrogen-bond donors (Lipinski definition) is 0. The van der Waals surface area contributed by atoms with Gasteiger partial charge in [0.1, 0.15) is 22.1 Å². The smallest absolute Gasteiger partial charge is 0.254 e. The maximum atomic E-state index is 13.6. The van der Waals surface area contributed by atoms with Gasteiger partial charge in [-0.25, -0.2) is 8.42 Å². The lowest BCUT2D eigenvalue weighted by Crippen LogP contribution is -2.31. The van der Waals surface area contributed by atoms with E-state index in [1.54, 1.807) is 31.3 Å². The van der Waals surface area contributed by atoms with Gasteiger partial charge in [0.15, 0.2) is 0 Å². The van der Waals surface area contributed by atoms with E-state index in [4.69, 9.17) is 14.2 Å². The van der Waals surface area contributed by atoms with Crippen molar-refractivity contribution >= 4 is 15.9 Å². The summed E-state index contributed by atoms with van der Waals surface area (Å²) in [6, 6.07) is 10.1. The molecular weight excluding hydrogens is 444 g/mol. The molecular formula is C24H30N2O6S. The molecule has 1 atom stereocenters. The predicted molar refractivity (Wildman–Crippen MR) is 124 cm³/mol. The first-order valence-electron chi connectivity index (χ1n) is 11.1. The molecule has 1 amide bonds. The molecule has 4 rings (SSSR count). The summed E-state index contributed by atoms with van der Waals surface area (Å²) in [5.41, 5.74) is 1.23. The highest BCUT2D eigenvalue weighted by Crippen LogP contribution is 2.40. The number of methoxy groups -OCH3 is 3. The third-order valence-electron chi connectivity index (χ3n) is 6.41. The number of carbonyl (C=O) groups excluding carboxylic acids is 1. The summed E-state index contributed by atoms with van der Waals surface area (Å²) in [6.07, 6.45) is 3.31. The van der Waals surface area contributed by atoms with Crippen molar-refractivity contribution in [2.75, 3.05) is 41.0 Å². The predicted octanol–water partition coefficient (Wildman–Crippen LogP) is 3.47. The van der Waals surface area contributed by atoms with Crippen LogP contribution in [0.2, 0.25) is 0 Å². The van der Waals surface area contributed by atoms with Crippen LogP contribution in [0.5, 0.6) is 17.2 Å². The Bertz CT molecular complexity index is 1130. The van der Waals surface area contributed by atoms with Gasteiger partial charge in [-0.05, 0) is 56.0 Å². The van der Waals surface area contributed by atoms with E-state index in [1.165, 1.54) is 17.5 Å². The van der Waals surface area contributed by atoms with E-state index in [0.29, 0.717) is 36.7 Å². The average Bonchev–Trinajstić information content (AvgIpc) is 3.55. The van der Waals surface area contributed by atoms with Gasteiger partial charge >= 0.3 is 0 Å². The van der Waals surface area contributed by atoms with Crippen LogP contribution in [-0.2, 0) is 10.0 Å². The van der Waals surface area contributed by atoms with Crippen molar-refractivity contribution in [3.05, 3.63) is 47.5 Å². The molecule has 0 radical (unpaired) electrons. The zero-order valence-electron chi connectivity index (χ0n) is 19.2. The van der Waals surface area contributed by atoms with Crippen LogP contribution in [0.25, 0.3) is 0 Å². The summed E-state index contributed by atoms with van der Waals surface area (Å²) in [5.74, 6) is 1.37. The summed E-state index contributed by atoms with van der Waals surface area (Å²) in [7, 11) is 0.886. The Labute approximate surface area is 195 Å². The minimum atomic E-state index is -3.74. The van der Waals surface area contributed by atoms with Crippen molar-refractivity contribution in [2.24, 2.45) is 0 Å². The van der Waals surface area contributed by atoms with Crippen molar-refractivity contribution in [3.8, 4) is 17.2 Å². The number of sulfonamides is 1. The van der Waals surface area contributed by atoms with Crippen LogP contribution in [0.4, 0.5) is 0 Å². The quantitative estimate of drug-likeness (QED) is 0.611. The Kier molecular flexibility index (Phi) is 6.81. The summed E-state index contributed by atoms with van der Waals surface area (Å²) >= 11 is 0. The number of likely N-dealkylation sites (tertiary alicyclic amines) is 1. The van der Waals surface area contributed by atoms with Gasteiger partial charge in [0.2, 0.25) is 10.0 Å². The molecule has 0 bridgehead atoms. The molecule has 2 heterocycles. The highest BCUT2D eigenvalue weighted by atomic mass is 32.2. The molecule has 0 saturated carbocycles. The molecule has 33 heavy (non-hydrogen) atoms. The van der Waals surface area contributed by atoms with Gasteiger partial charge in [0, 0.05) is 36.8 Å². The Morgan fingerprint density at radius 3 is 2.27 bits per heavy atom. The Hall–Kier alpha value is -2.78. The van der Waals surface area contributed by atoms with Crippen molar-refractivity contribution in [1.82, 2.24) is 9.21 Å². The molecule has 178 valence electrons. The second kappa shape index (κ2) is 9.61. The lowest BCUT2D eigenvalue weighted by atomic mass is 10.0. The molecule has 1 unspecified atom stereocenters. The fraction of sp³-hybridized carbons (Fsp3) is 0.458. The maximum absolute atomic E-state index is 13.6. The molecule has 2 saturated heterocycles. The van der Waals surface area contributed by atoms with Gasteiger partial charge in [0.05, 0.1) is 27.4 Å². The molecule has 0 aliphatic carbocycles. The molecule has 2 aromatic carbocycles. The van der Waals surface area contributed by atoms with Crippen LogP contribution < -0.4 is 14.2 Å². The molecule has 2 fully saturated rings. The number of benzene rings is 2. The van der Waals surface area contributed by atoms with Crippen molar-refractivity contribution in [1.29, 1.82) is 0 Å². The molecule has 2 aromatic rings. The molecule has 8 nitrogen and oxygen atoms in total. The summed E-state index contributed by atoms with van der Waals surface area (Å²) < 4.78 is 44.1. The molecule has 0 aromatic heterocycles. The van der Waals surface area contributed by atoms with E-state index in [-0.39, 0.29) is 22.6 Å². The van der Waals surface area contributed by atoms with Crippen LogP contribution in [0.1, 0.15) is 47.6 Å². The first kappa shape index (κ1) is 23.4. The summed E-state index contributed by atoms with van der Waals surface area (Å²) in [6.45, 7) is 1.54. The normalized spacial score (nSPS) is 19.0. The van der Waals surface area contributed by atoms with Crippen molar-refractivity contribution < 1.29 is 27.4 Å². The van der Waals surface area contributed by atoms with Gasteiger partial charge in [-0.1, -0.05) is 0 Å².